The van der Waals surface area contributed by atoms with Gasteiger partial charge < -0.3 is 20.7 Å². The maximum absolute atomic E-state index is 14.5. The van der Waals surface area contributed by atoms with Gasteiger partial charge in [-0.05, 0) is 60.7 Å². The number of halogens is 3. The Morgan fingerprint density at radius 1 is 1.09 bits per heavy atom. The van der Waals surface area contributed by atoms with Crippen LogP contribution in [0.3, 0.4) is 0 Å². The largest absolute Gasteiger partial charge is 0.439 e. The van der Waals surface area contributed by atoms with E-state index in [0.717, 1.165) is 43.8 Å². The Bertz CT molecular complexity index is 1570. The minimum absolute atomic E-state index is 0. The van der Waals surface area contributed by atoms with E-state index in [1.165, 1.54) is 12.1 Å². The molecule has 10 nitrogen and oxygen atoms in total. The van der Waals surface area contributed by atoms with Gasteiger partial charge in [-0.15, -0.1) is 12.4 Å². The molecule has 14 heteroatoms. The van der Waals surface area contributed by atoms with Gasteiger partial charge in [0.1, 0.15) is 17.4 Å². The predicted molar refractivity (Wildman–Crippen MR) is 169 cm³/mol. The number of likely N-dealkylation sites (tertiary alicyclic amines) is 1. The fraction of sp³-hybridized carbons (Fsp3) is 0.387. The molecule has 4 rings (SSSR count). The van der Waals surface area contributed by atoms with Crippen molar-refractivity contribution < 1.29 is 31.5 Å². The number of pyridine rings is 1. The number of aromatic nitrogens is 1. The van der Waals surface area contributed by atoms with E-state index in [-0.39, 0.29) is 34.6 Å². The highest BCUT2D eigenvalue weighted by molar-refractivity contribution is 7.90. The minimum atomic E-state index is -3.29. The molecule has 2 heterocycles. The number of piperidine rings is 1. The van der Waals surface area contributed by atoms with Gasteiger partial charge in [-0.2, -0.15) is 0 Å². The summed E-state index contributed by atoms with van der Waals surface area (Å²) in [5, 5.41) is 2.57. The Hall–Kier alpha value is -3.81. The molecule has 0 aliphatic carbocycles. The molecule has 0 bridgehead atoms. The normalized spacial score (nSPS) is 14.0. The molecule has 1 fully saturated rings. The molecule has 3 aromatic rings. The van der Waals surface area contributed by atoms with Gasteiger partial charge in [0.2, 0.25) is 11.8 Å². The first kappa shape index (κ1) is 35.7. The average molecular weight is 666 g/mol. The monoisotopic (exact) mass is 665 g/mol. The Morgan fingerprint density at radius 3 is 2.36 bits per heavy atom. The first-order valence-corrected chi connectivity index (χ1v) is 16.3. The molecule has 1 aliphatic rings. The third-order valence-corrected chi connectivity index (χ3v) is 8.56. The summed E-state index contributed by atoms with van der Waals surface area (Å²) in [5.74, 6) is -1.72. The van der Waals surface area contributed by atoms with Crippen molar-refractivity contribution in [1.29, 1.82) is 0 Å². The molecular weight excluding hydrogens is 628 g/mol. The summed E-state index contributed by atoms with van der Waals surface area (Å²) in [4.78, 5) is 33.1. The Kier molecular flexibility index (Phi) is 12.6. The molecule has 1 saturated heterocycles. The van der Waals surface area contributed by atoms with Gasteiger partial charge in [-0.25, -0.2) is 27.0 Å². The molecule has 3 N–H and O–H groups in total. The maximum atomic E-state index is 14.5. The summed E-state index contributed by atoms with van der Waals surface area (Å²) in [6.45, 7) is 4.64. The van der Waals surface area contributed by atoms with Crippen LogP contribution >= 0.6 is 12.4 Å². The van der Waals surface area contributed by atoms with Crippen LogP contribution in [0.4, 0.5) is 19.3 Å². The van der Waals surface area contributed by atoms with E-state index in [1.54, 1.807) is 29.3 Å². The number of nitrogens with one attached hydrogen (secondary N) is 1. The average Bonchev–Trinajstić information content (AvgIpc) is 2.97. The standard InChI is InChI=1S/C31H37F2N5O5S.ClH/c1-3-4-13-38(31(40)36-28-16-22(17-29(34)39)26(32)18-27(28)33)23-11-14-37(15-12-23)20-21-5-10-30(35-19-21)43-24-6-8-25(9-7-24)44(2,41)42;/h5-10,16,18-19,23H,3-4,11-15,17,20H2,1-2H3,(H2,34,39)(H,36,40);1H. The van der Waals surface area contributed by atoms with Gasteiger partial charge in [0.25, 0.3) is 0 Å². The van der Waals surface area contributed by atoms with Crippen molar-refractivity contribution in [3.05, 3.63) is 77.5 Å². The number of hydrogen-bond acceptors (Lipinski definition) is 7. The minimum Gasteiger partial charge on any atom is -0.439 e. The molecule has 0 saturated carbocycles. The second-order valence-electron chi connectivity index (χ2n) is 10.9. The lowest BCUT2D eigenvalue weighted by molar-refractivity contribution is -0.117. The number of urea groups is 1. The number of nitrogens with zero attached hydrogens (tertiary/aromatic N) is 3. The lowest BCUT2D eigenvalue weighted by atomic mass is 10.0. The number of benzene rings is 2. The second kappa shape index (κ2) is 16.0. The molecule has 0 spiro atoms. The first-order valence-electron chi connectivity index (χ1n) is 14.4. The Labute approximate surface area is 268 Å². The summed E-state index contributed by atoms with van der Waals surface area (Å²) in [6, 6.07) is 11.0. The van der Waals surface area contributed by atoms with E-state index in [9.17, 15) is 26.8 Å². The van der Waals surface area contributed by atoms with Gasteiger partial charge >= 0.3 is 6.03 Å². The van der Waals surface area contributed by atoms with Gasteiger partial charge in [-0.1, -0.05) is 19.4 Å². The molecular formula is C31H38ClF2N5O5S. The summed E-state index contributed by atoms with van der Waals surface area (Å²) >= 11 is 0. The van der Waals surface area contributed by atoms with Crippen LogP contribution in [-0.2, 0) is 27.6 Å². The highest BCUT2D eigenvalue weighted by Crippen LogP contribution is 2.25. The number of primary amides is 1. The Balaban J connectivity index is 0.00000552. The van der Waals surface area contributed by atoms with Crippen molar-refractivity contribution in [2.75, 3.05) is 31.2 Å². The van der Waals surface area contributed by atoms with E-state index in [0.29, 0.717) is 43.6 Å². The lowest BCUT2D eigenvalue weighted by Gasteiger charge is -2.38. The number of unbranched alkanes of at least 4 members (excludes halogenated alkanes) is 1. The van der Waals surface area contributed by atoms with Crippen LogP contribution in [0.2, 0.25) is 0 Å². The highest BCUT2D eigenvalue weighted by atomic mass is 35.5. The van der Waals surface area contributed by atoms with E-state index in [1.807, 2.05) is 13.0 Å². The van der Waals surface area contributed by atoms with Crippen molar-refractivity contribution in [2.24, 2.45) is 5.73 Å². The number of anilines is 1. The molecule has 0 unspecified atom stereocenters. The zero-order chi connectivity index (χ0) is 31.9. The molecule has 45 heavy (non-hydrogen) atoms. The first-order chi connectivity index (χ1) is 20.9. The van der Waals surface area contributed by atoms with E-state index >= 15 is 0 Å². The van der Waals surface area contributed by atoms with Crippen LogP contribution in [0.5, 0.6) is 11.6 Å². The van der Waals surface area contributed by atoms with Crippen molar-refractivity contribution in [3.63, 3.8) is 0 Å². The Morgan fingerprint density at radius 2 is 1.78 bits per heavy atom. The quantitative estimate of drug-likeness (QED) is 0.268. The molecule has 3 amide bonds. The van der Waals surface area contributed by atoms with E-state index in [4.69, 9.17) is 10.5 Å². The van der Waals surface area contributed by atoms with Crippen molar-refractivity contribution in [1.82, 2.24) is 14.8 Å². The van der Waals surface area contributed by atoms with Crippen molar-refractivity contribution in [2.45, 2.75) is 56.5 Å². The zero-order valence-electron chi connectivity index (χ0n) is 25.2. The van der Waals surface area contributed by atoms with Crippen LogP contribution in [0.15, 0.2) is 59.6 Å². The van der Waals surface area contributed by atoms with Gasteiger partial charge in [0.05, 0.1) is 17.0 Å². The van der Waals surface area contributed by atoms with Gasteiger partial charge in [0, 0.05) is 56.8 Å². The van der Waals surface area contributed by atoms with Crippen molar-refractivity contribution >= 4 is 39.9 Å². The summed E-state index contributed by atoms with van der Waals surface area (Å²) in [5.41, 5.74) is 5.88. The number of hydrogen-bond donors (Lipinski definition) is 2. The third-order valence-electron chi connectivity index (χ3n) is 7.43. The number of rotatable bonds is 12. The zero-order valence-corrected chi connectivity index (χ0v) is 26.8. The fourth-order valence-electron chi connectivity index (χ4n) is 5.07. The van der Waals surface area contributed by atoms with Gasteiger partial charge in [-0.3, -0.25) is 9.69 Å². The fourth-order valence-corrected chi connectivity index (χ4v) is 5.70. The predicted octanol–water partition coefficient (Wildman–Crippen LogP) is 5.30. The van der Waals surface area contributed by atoms with Crippen molar-refractivity contribution in [3.8, 4) is 11.6 Å². The third kappa shape index (κ3) is 10.1. The van der Waals surface area contributed by atoms with Crippen LogP contribution in [0.1, 0.15) is 43.7 Å². The van der Waals surface area contributed by atoms with Crippen LogP contribution in [0, 0.1) is 11.6 Å². The number of nitrogens with two attached hydrogens (primary N) is 1. The van der Waals surface area contributed by atoms with Crippen LogP contribution in [-0.4, -0.2) is 67.1 Å². The molecule has 0 radical (unpaired) electrons. The number of carbonyl (C=O) groups is 2. The van der Waals surface area contributed by atoms with E-state index < -0.39 is 39.8 Å². The second-order valence-corrected chi connectivity index (χ2v) is 12.9. The lowest BCUT2D eigenvalue weighted by Crippen LogP contribution is -2.49. The van der Waals surface area contributed by atoms with Crippen LogP contribution in [0.25, 0.3) is 0 Å². The van der Waals surface area contributed by atoms with Crippen LogP contribution < -0.4 is 15.8 Å². The number of ether oxygens (including phenoxy) is 1. The summed E-state index contributed by atoms with van der Waals surface area (Å²) in [6.07, 6.45) is 5.55. The van der Waals surface area contributed by atoms with E-state index in [2.05, 4.69) is 15.2 Å². The number of carbonyl (C=O) groups excluding carboxylic acids is 2. The molecule has 244 valence electrons. The molecule has 1 aliphatic heterocycles. The number of amides is 3. The molecule has 1 aromatic heterocycles. The SMILES string of the molecule is CCCCN(C(=O)Nc1cc(CC(N)=O)c(F)cc1F)C1CCN(Cc2ccc(Oc3ccc(S(C)(=O)=O)cc3)nc2)CC1.Cl. The summed E-state index contributed by atoms with van der Waals surface area (Å²) in [7, 11) is -3.29. The smallest absolute Gasteiger partial charge is 0.322 e. The number of sulfone groups is 1. The molecule has 0 atom stereocenters. The van der Waals surface area contributed by atoms with Gasteiger partial charge in [0.15, 0.2) is 9.84 Å². The summed E-state index contributed by atoms with van der Waals surface area (Å²) < 4.78 is 57.6. The topological polar surface area (TPSA) is 135 Å². The highest BCUT2D eigenvalue weighted by Gasteiger charge is 2.28. The molecule has 2 aromatic carbocycles. The maximum Gasteiger partial charge on any atom is 0.322 e.